The minimum atomic E-state index is -3.75. The number of alkyl halides is 2. The Morgan fingerprint density at radius 3 is 2.64 bits per heavy atom. The first-order chi connectivity index (χ1) is 13.4. The maximum absolute atomic E-state index is 13.0. The molecule has 1 heterocycles. The van der Waals surface area contributed by atoms with Gasteiger partial charge in [-0.15, -0.1) is 8.78 Å². The molecule has 1 aliphatic heterocycles. The molecule has 0 unspecified atom stereocenters. The van der Waals surface area contributed by atoms with Crippen molar-refractivity contribution in [1.82, 2.24) is 0 Å². The number of rotatable bonds is 7. The zero-order valence-electron chi connectivity index (χ0n) is 14.4. The number of hydrogen-bond donors (Lipinski definition) is 3. The van der Waals surface area contributed by atoms with Gasteiger partial charge in [-0.3, -0.25) is 4.79 Å². The van der Waals surface area contributed by atoms with Gasteiger partial charge in [-0.05, 0) is 24.3 Å². The predicted octanol–water partition coefficient (Wildman–Crippen LogP) is 2.21. The van der Waals surface area contributed by atoms with Crippen LogP contribution < -0.4 is 20.1 Å². The van der Waals surface area contributed by atoms with Gasteiger partial charge in [0.15, 0.2) is 18.1 Å². The highest BCUT2D eigenvalue weighted by Crippen LogP contribution is 2.42. The van der Waals surface area contributed by atoms with E-state index in [9.17, 15) is 18.4 Å². The molecule has 0 spiro atoms. The molecule has 148 valence electrons. The molecule has 0 aromatic heterocycles. The molecule has 10 heteroatoms. The summed E-state index contributed by atoms with van der Waals surface area (Å²) in [6.45, 7) is -0.459. The lowest BCUT2D eigenvalue weighted by Gasteiger charge is -2.11. The highest BCUT2D eigenvalue weighted by Gasteiger charge is 2.43. The number of amides is 1. The Labute approximate surface area is 158 Å². The van der Waals surface area contributed by atoms with E-state index in [1.54, 1.807) is 18.2 Å². The maximum Gasteiger partial charge on any atom is 0.586 e. The van der Waals surface area contributed by atoms with E-state index in [2.05, 4.69) is 20.1 Å². The lowest BCUT2D eigenvalue weighted by molar-refractivity contribution is -0.286. The Bertz CT molecular complexity index is 890. The van der Waals surface area contributed by atoms with E-state index in [4.69, 9.17) is 9.84 Å². The molecule has 0 radical (unpaired) electrons. The number of ether oxygens (including phenoxy) is 3. The van der Waals surface area contributed by atoms with Crippen molar-refractivity contribution in [2.24, 2.45) is 0 Å². The van der Waals surface area contributed by atoms with Crippen molar-refractivity contribution in [3.8, 4) is 11.5 Å². The van der Waals surface area contributed by atoms with E-state index in [0.29, 0.717) is 5.69 Å². The molecule has 2 aromatic rings. The summed E-state index contributed by atoms with van der Waals surface area (Å²) in [7, 11) is 0. The van der Waals surface area contributed by atoms with E-state index >= 15 is 0 Å². The molecule has 3 N–H and O–H groups in total. The Morgan fingerprint density at radius 2 is 1.86 bits per heavy atom. The first kappa shape index (κ1) is 19.4. The van der Waals surface area contributed by atoms with Gasteiger partial charge in [0.1, 0.15) is 0 Å². The Morgan fingerprint density at radius 1 is 1.11 bits per heavy atom. The molecule has 0 atom stereocenters. The lowest BCUT2D eigenvalue weighted by Crippen LogP contribution is -2.25. The third kappa shape index (κ3) is 4.65. The predicted molar refractivity (Wildman–Crippen MR) is 93.6 cm³/mol. The van der Waals surface area contributed by atoms with E-state index < -0.39 is 24.8 Å². The summed E-state index contributed by atoms with van der Waals surface area (Å²) in [5.74, 6) is -1.77. The molecule has 1 aliphatic rings. The van der Waals surface area contributed by atoms with Crippen LogP contribution in [0.1, 0.15) is 10.4 Å². The summed E-state index contributed by atoms with van der Waals surface area (Å²) in [6, 6.07) is 10.2. The van der Waals surface area contributed by atoms with Gasteiger partial charge in [-0.1, -0.05) is 12.1 Å². The second-order valence-corrected chi connectivity index (χ2v) is 5.65. The van der Waals surface area contributed by atoms with E-state index in [-0.39, 0.29) is 35.9 Å². The molecular weight excluding hydrogens is 378 g/mol. The van der Waals surface area contributed by atoms with Gasteiger partial charge in [-0.25, -0.2) is 4.79 Å². The van der Waals surface area contributed by atoms with Crippen LogP contribution in [0.15, 0.2) is 42.5 Å². The van der Waals surface area contributed by atoms with Gasteiger partial charge in [-0.2, -0.15) is 0 Å². The fraction of sp³-hybridized carbons (Fsp3) is 0.222. The molecule has 0 saturated carbocycles. The number of nitrogens with one attached hydrogen (secondary N) is 2. The number of fused-ring (bicyclic) bond motifs is 1. The van der Waals surface area contributed by atoms with Crippen LogP contribution >= 0.6 is 0 Å². The second-order valence-electron chi connectivity index (χ2n) is 5.65. The zero-order valence-corrected chi connectivity index (χ0v) is 14.4. The third-order valence-electron chi connectivity index (χ3n) is 3.59. The standard InChI is InChI=1S/C18H16F2N2O6/c19-18(20)27-14-6-5-11(9-15(14)28-18)22-16(24)10-26-17(25)12-3-1-2-4-13(12)21-7-8-23/h1-6,9,21,23H,7-8,10H2,(H,22,24). The number of hydrogen-bond acceptors (Lipinski definition) is 7. The van der Waals surface area contributed by atoms with Crippen molar-refractivity contribution >= 4 is 23.3 Å². The molecule has 3 rings (SSSR count). The summed E-state index contributed by atoms with van der Waals surface area (Å²) in [5.41, 5.74) is 0.832. The van der Waals surface area contributed by atoms with E-state index in [1.807, 2.05) is 0 Å². The first-order valence-corrected chi connectivity index (χ1v) is 8.18. The Balaban J connectivity index is 1.56. The number of esters is 1. The number of aliphatic hydroxyl groups is 1. The van der Waals surface area contributed by atoms with Crippen LogP contribution in [-0.4, -0.2) is 43.0 Å². The number of carbonyl (C=O) groups is 2. The Hall–Kier alpha value is -3.40. The highest BCUT2D eigenvalue weighted by molar-refractivity contribution is 5.98. The van der Waals surface area contributed by atoms with Crippen LogP contribution in [0.3, 0.4) is 0 Å². The Kier molecular flexibility index (Phi) is 5.59. The molecule has 0 aliphatic carbocycles. The van der Waals surface area contributed by atoms with E-state index in [0.717, 1.165) is 0 Å². The summed E-state index contributed by atoms with van der Waals surface area (Å²) in [4.78, 5) is 24.2. The molecule has 1 amide bonds. The summed E-state index contributed by atoms with van der Waals surface area (Å²) in [6.07, 6.45) is -3.75. The molecule has 8 nitrogen and oxygen atoms in total. The van der Waals surface area contributed by atoms with E-state index in [1.165, 1.54) is 24.3 Å². The van der Waals surface area contributed by atoms with Crippen LogP contribution in [-0.2, 0) is 9.53 Å². The monoisotopic (exact) mass is 394 g/mol. The molecular formula is C18H16F2N2O6. The summed E-state index contributed by atoms with van der Waals surface area (Å²) < 4.78 is 39.6. The normalized spacial score (nSPS) is 13.7. The fourth-order valence-corrected chi connectivity index (χ4v) is 2.44. The van der Waals surface area contributed by atoms with Crippen molar-refractivity contribution in [1.29, 1.82) is 0 Å². The highest BCUT2D eigenvalue weighted by atomic mass is 19.3. The van der Waals surface area contributed by atoms with Gasteiger partial charge in [0, 0.05) is 24.0 Å². The average molecular weight is 394 g/mol. The van der Waals surface area contributed by atoms with Crippen molar-refractivity contribution in [2.45, 2.75) is 6.29 Å². The molecule has 0 fully saturated rings. The van der Waals surface area contributed by atoms with Crippen molar-refractivity contribution in [3.05, 3.63) is 48.0 Å². The van der Waals surface area contributed by atoms with Crippen LogP contribution in [0.25, 0.3) is 0 Å². The molecule has 0 saturated heterocycles. The lowest BCUT2D eigenvalue weighted by atomic mass is 10.2. The molecule has 2 aromatic carbocycles. The minimum Gasteiger partial charge on any atom is -0.452 e. The number of anilines is 2. The van der Waals surface area contributed by atoms with Gasteiger partial charge in [0.2, 0.25) is 0 Å². The number of aliphatic hydroxyl groups excluding tert-OH is 1. The fourth-order valence-electron chi connectivity index (χ4n) is 2.44. The average Bonchev–Trinajstić information content (AvgIpc) is 2.97. The van der Waals surface area contributed by atoms with Gasteiger partial charge in [0.25, 0.3) is 5.91 Å². The second kappa shape index (κ2) is 8.09. The van der Waals surface area contributed by atoms with Crippen molar-refractivity contribution < 1.29 is 37.7 Å². The molecule has 0 bridgehead atoms. The SMILES string of the molecule is O=C(COC(=O)c1ccccc1NCCO)Nc1ccc2c(c1)OC(F)(F)O2. The summed E-state index contributed by atoms with van der Waals surface area (Å²) in [5, 5.41) is 14.1. The first-order valence-electron chi connectivity index (χ1n) is 8.18. The number of halogens is 2. The van der Waals surface area contributed by atoms with Crippen molar-refractivity contribution in [3.63, 3.8) is 0 Å². The molecule has 28 heavy (non-hydrogen) atoms. The van der Waals surface area contributed by atoms with Crippen LogP contribution in [0, 0.1) is 0 Å². The largest absolute Gasteiger partial charge is 0.586 e. The quantitative estimate of drug-likeness (QED) is 0.618. The maximum atomic E-state index is 13.0. The number of benzene rings is 2. The van der Waals surface area contributed by atoms with Gasteiger partial charge < -0.3 is 30.0 Å². The van der Waals surface area contributed by atoms with Gasteiger partial charge >= 0.3 is 12.3 Å². The third-order valence-corrected chi connectivity index (χ3v) is 3.59. The van der Waals surface area contributed by atoms with Crippen LogP contribution in [0.2, 0.25) is 0 Å². The summed E-state index contributed by atoms with van der Waals surface area (Å²) >= 11 is 0. The zero-order chi connectivity index (χ0) is 20.1. The number of carbonyl (C=O) groups excluding carboxylic acids is 2. The van der Waals surface area contributed by atoms with Crippen LogP contribution in [0.5, 0.6) is 11.5 Å². The smallest absolute Gasteiger partial charge is 0.452 e. The number of para-hydroxylation sites is 1. The van der Waals surface area contributed by atoms with Gasteiger partial charge in [0.05, 0.1) is 12.2 Å². The minimum absolute atomic E-state index is 0.118. The topological polar surface area (TPSA) is 106 Å². The van der Waals surface area contributed by atoms with Crippen molar-refractivity contribution in [2.75, 3.05) is 30.4 Å². The van der Waals surface area contributed by atoms with Crippen LogP contribution in [0.4, 0.5) is 20.2 Å².